The minimum absolute atomic E-state index is 0.0155. The number of amides is 1. The standard InChI is InChI=1S/C34H44N6O4S/c1-21(2)13-27-20-44-31-17-30(32-22(3)9-7-10-23(32)4)35-34(36-31)37-45(42,43)29-12-8-11-24(14-29)33(41)40(27)26-15-25(16-26)39-18-28(19-39)38(5)6/h7-12,14,17,21,25-28H,13,15-16,18-20H2,1-6H3,(H,35,36,37)/t25-,26+,27-/m1/s1. The molecule has 1 amide bonds. The molecule has 1 saturated carbocycles. The maximum atomic E-state index is 14.4. The highest BCUT2D eigenvalue weighted by Crippen LogP contribution is 2.37. The SMILES string of the molecule is Cc1cccc(C)c1-c1cc2nc(n1)NS(=O)(=O)c1cccc(c1)C(=O)N([C@H]1C[C@@H](N3CC(N(C)C)C3)C1)[C@H](CC(C)C)CO2. The Kier molecular flexibility index (Phi) is 8.62. The van der Waals surface area contributed by atoms with E-state index in [1.165, 1.54) is 12.1 Å². The summed E-state index contributed by atoms with van der Waals surface area (Å²) in [5, 5.41) is 0. The summed E-state index contributed by atoms with van der Waals surface area (Å²) >= 11 is 0. The van der Waals surface area contributed by atoms with Crippen LogP contribution in [-0.4, -0.2) is 97.0 Å². The third-order valence-electron chi connectivity index (χ3n) is 9.47. The largest absolute Gasteiger partial charge is 0.475 e. The minimum atomic E-state index is -4.10. The molecule has 1 saturated heterocycles. The molecule has 3 heterocycles. The van der Waals surface area contributed by atoms with Crippen LogP contribution in [0.5, 0.6) is 5.88 Å². The topological polar surface area (TPSA) is 108 Å². The van der Waals surface area contributed by atoms with Gasteiger partial charge < -0.3 is 14.5 Å². The lowest BCUT2D eigenvalue weighted by Gasteiger charge is -2.55. The summed E-state index contributed by atoms with van der Waals surface area (Å²) < 4.78 is 36.2. The van der Waals surface area contributed by atoms with Gasteiger partial charge in [-0.15, -0.1) is 0 Å². The van der Waals surface area contributed by atoms with Gasteiger partial charge in [0, 0.05) is 48.4 Å². The molecular weight excluding hydrogens is 588 g/mol. The predicted molar refractivity (Wildman–Crippen MR) is 175 cm³/mol. The van der Waals surface area contributed by atoms with Crippen LogP contribution in [0.15, 0.2) is 53.4 Å². The Bertz CT molecular complexity index is 1660. The van der Waals surface area contributed by atoms with Crippen molar-refractivity contribution in [2.45, 2.75) is 76.0 Å². The number of hydrogen-bond donors (Lipinski definition) is 1. The van der Waals surface area contributed by atoms with E-state index in [4.69, 9.17) is 4.74 Å². The zero-order valence-electron chi connectivity index (χ0n) is 27.0. The Labute approximate surface area is 266 Å². The van der Waals surface area contributed by atoms with E-state index in [0.717, 1.165) is 49.0 Å². The first-order valence-corrected chi connectivity index (χ1v) is 17.3. The van der Waals surface area contributed by atoms with Gasteiger partial charge in [0.1, 0.15) is 6.61 Å². The number of likely N-dealkylation sites (N-methyl/N-ethyl adjacent to an activating group) is 1. The molecule has 1 aromatic heterocycles. The second-order valence-electron chi connectivity index (χ2n) is 13.5. The van der Waals surface area contributed by atoms with E-state index in [0.29, 0.717) is 29.3 Å². The molecule has 4 bridgehead atoms. The molecule has 2 aliphatic heterocycles. The normalized spacial score (nSPS) is 23.7. The predicted octanol–water partition coefficient (Wildman–Crippen LogP) is 4.59. The number of anilines is 1. The summed E-state index contributed by atoms with van der Waals surface area (Å²) in [6, 6.07) is 14.8. The number of likely N-dealkylation sites (tertiary alicyclic amines) is 1. The quantitative estimate of drug-likeness (QED) is 0.421. The molecular formula is C34H44N6O4S. The third-order valence-corrected chi connectivity index (χ3v) is 10.8. The van der Waals surface area contributed by atoms with Gasteiger partial charge in [-0.25, -0.2) is 18.1 Å². The van der Waals surface area contributed by atoms with Crippen LogP contribution in [0, 0.1) is 19.8 Å². The fourth-order valence-electron chi connectivity index (χ4n) is 6.83. The van der Waals surface area contributed by atoms with Crippen LogP contribution >= 0.6 is 0 Å². The van der Waals surface area contributed by atoms with Gasteiger partial charge in [0.2, 0.25) is 11.8 Å². The highest BCUT2D eigenvalue weighted by Gasteiger charge is 2.45. The number of ether oxygens (including phenoxy) is 1. The first-order chi connectivity index (χ1) is 21.4. The summed E-state index contributed by atoms with van der Waals surface area (Å²) in [7, 11) is 0.137. The lowest BCUT2D eigenvalue weighted by molar-refractivity contribution is -0.0452. The van der Waals surface area contributed by atoms with Gasteiger partial charge in [-0.1, -0.05) is 38.1 Å². The van der Waals surface area contributed by atoms with E-state index in [1.807, 2.05) is 36.9 Å². The lowest BCUT2D eigenvalue weighted by atomic mass is 9.80. The van der Waals surface area contributed by atoms with Crippen LogP contribution in [0.2, 0.25) is 0 Å². The van der Waals surface area contributed by atoms with Gasteiger partial charge >= 0.3 is 0 Å². The number of carbonyl (C=O) groups excluding carboxylic acids is 1. The van der Waals surface area contributed by atoms with E-state index >= 15 is 0 Å². The molecule has 2 fully saturated rings. The van der Waals surface area contributed by atoms with Crippen molar-refractivity contribution < 1.29 is 17.9 Å². The number of benzene rings is 2. The second-order valence-corrected chi connectivity index (χ2v) is 15.2. The first kappa shape index (κ1) is 31.4. The first-order valence-electron chi connectivity index (χ1n) is 15.8. The second kappa shape index (κ2) is 12.3. The summed E-state index contributed by atoms with van der Waals surface area (Å²) in [6.45, 7) is 10.6. The maximum absolute atomic E-state index is 14.4. The van der Waals surface area contributed by atoms with Gasteiger partial charge in [-0.2, -0.15) is 4.98 Å². The molecule has 0 spiro atoms. The maximum Gasteiger partial charge on any atom is 0.264 e. The zero-order valence-corrected chi connectivity index (χ0v) is 27.8. The van der Waals surface area contributed by atoms with Crippen molar-refractivity contribution in [1.82, 2.24) is 24.7 Å². The Balaban J connectivity index is 1.39. The number of aromatic nitrogens is 2. The number of nitrogens with zero attached hydrogens (tertiary/aromatic N) is 5. The molecule has 3 aliphatic rings. The van der Waals surface area contributed by atoms with Crippen LogP contribution in [0.4, 0.5) is 5.95 Å². The minimum Gasteiger partial charge on any atom is -0.475 e. The van der Waals surface area contributed by atoms with E-state index in [9.17, 15) is 13.2 Å². The number of hydrogen-bond acceptors (Lipinski definition) is 8. The van der Waals surface area contributed by atoms with Gasteiger partial charge in [0.05, 0.1) is 16.6 Å². The summed E-state index contributed by atoms with van der Waals surface area (Å²) in [4.78, 5) is 30.2. The highest BCUT2D eigenvalue weighted by atomic mass is 32.2. The fraction of sp³-hybridized carbons (Fsp3) is 0.500. The Morgan fingerprint density at radius 3 is 2.36 bits per heavy atom. The van der Waals surface area contributed by atoms with Crippen molar-refractivity contribution in [3.05, 3.63) is 65.2 Å². The van der Waals surface area contributed by atoms with E-state index in [2.05, 4.69) is 52.4 Å². The van der Waals surface area contributed by atoms with Gasteiger partial charge in [0.15, 0.2) is 0 Å². The van der Waals surface area contributed by atoms with Crippen LogP contribution in [-0.2, 0) is 10.0 Å². The summed E-state index contributed by atoms with van der Waals surface area (Å²) in [5.41, 5.74) is 3.82. The lowest BCUT2D eigenvalue weighted by Crippen LogP contribution is -2.66. The van der Waals surface area contributed by atoms with E-state index in [-0.39, 0.29) is 41.3 Å². The van der Waals surface area contributed by atoms with Crippen LogP contribution in [0.25, 0.3) is 11.3 Å². The molecule has 45 heavy (non-hydrogen) atoms. The van der Waals surface area contributed by atoms with Crippen LogP contribution in [0.3, 0.4) is 0 Å². The zero-order chi connectivity index (χ0) is 32.0. The number of rotatable bonds is 6. The molecule has 3 aromatic rings. The highest BCUT2D eigenvalue weighted by molar-refractivity contribution is 7.92. The van der Waals surface area contributed by atoms with Crippen LogP contribution in [0.1, 0.15) is 54.6 Å². The number of fused-ring (bicyclic) bond motifs is 4. The Morgan fingerprint density at radius 1 is 1.00 bits per heavy atom. The van der Waals surface area contributed by atoms with E-state index in [1.54, 1.807) is 18.2 Å². The van der Waals surface area contributed by atoms with Crippen molar-refractivity contribution in [1.29, 1.82) is 0 Å². The fourth-order valence-corrected chi connectivity index (χ4v) is 7.82. The number of sulfonamides is 1. The molecule has 0 radical (unpaired) electrons. The molecule has 0 unspecified atom stereocenters. The smallest absolute Gasteiger partial charge is 0.264 e. The molecule has 6 rings (SSSR count). The third kappa shape index (κ3) is 6.43. The van der Waals surface area contributed by atoms with Gasteiger partial charge in [-0.05, 0) is 82.4 Å². The molecule has 2 aromatic carbocycles. The molecule has 11 heteroatoms. The number of carbonyl (C=O) groups is 1. The van der Waals surface area contributed by atoms with Crippen molar-refractivity contribution in [3.63, 3.8) is 0 Å². The molecule has 1 atom stereocenters. The van der Waals surface area contributed by atoms with Crippen molar-refractivity contribution in [2.24, 2.45) is 5.92 Å². The average Bonchev–Trinajstić information content (AvgIpc) is 2.92. The van der Waals surface area contributed by atoms with Crippen molar-refractivity contribution >= 4 is 21.9 Å². The molecule has 1 N–H and O–H groups in total. The molecule has 1 aliphatic carbocycles. The van der Waals surface area contributed by atoms with Gasteiger partial charge in [-0.3, -0.25) is 9.69 Å². The Morgan fingerprint density at radius 2 is 1.69 bits per heavy atom. The molecule has 240 valence electrons. The number of nitrogens with one attached hydrogen (secondary N) is 1. The average molecular weight is 633 g/mol. The molecule has 10 nitrogen and oxygen atoms in total. The van der Waals surface area contributed by atoms with E-state index < -0.39 is 10.0 Å². The Hall–Kier alpha value is -3.54. The van der Waals surface area contributed by atoms with Gasteiger partial charge in [0.25, 0.3) is 15.9 Å². The van der Waals surface area contributed by atoms with Crippen molar-refractivity contribution in [2.75, 3.05) is 38.5 Å². The van der Waals surface area contributed by atoms with Crippen LogP contribution < -0.4 is 9.46 Å². The summed E-state index contributed by atoms with van der Waals surface area (Å²) in [6.07, 6.45) is 2.50. The number of aryl methyl sites for hydroxylation is 2. The van der Waals surface area contributed by atoms with Crippen molar-refractivity contribution in [3.8, 4) is 17.1 Å². The summed E-state index contributed by atoms with van der Waals surface area (Å²) in [5.74, 6) is 0.309. The monoisotopic (exact) mass is 632 g/mol.